The van der Waals surface area contributed by atoms with Crippen LogP contribution in [0.5, 0.6) is 5.75 Å². The third-order valence-corrected chi connectivity index (χ3v) is 5.45. The molecule has 0 saturated heterocycles. The molecule has 0 aliphatic carbocycles. The largest absolute Gasteiger partial charge is 0.486 e. The minimum absolute atomic E-state index is 0.191. The Balaban J connectivity index is 1.38. The lowest BCUT2D eigenvalue weighted by Gasteiger charge is -2.08. The van der Waals surface area contributed by atoms with Crippen LogP contribution in [0.25, 0.3) is 11.4 Å². The van der Waals surface area contributed by atoms with Crippen molar-refractivity contribution >= 4 is 11.8 Å². The molecule has 0 amide bonds. The molecule has 0 saturated carbocycles. The van der Waals surface area contributed by atoms with Gasteiger partial charge in [-0.15, -0.1) is 10.2 Å². The van der Waals surface area contributed by atoms with Crippen molar-refractivity contribution in [3.8, 4) is 17.1 Å². The highest BCUT2D eigenvalue weighted by atomic mass is 32.2. The van der Waals surface area contributed by atoms with Crippen molar-refractivity contribution < 1.29 is 13.7 Å². The highest BCUT2D eigenvalue weighted by Crippen LogP contribution is 2.24. The molecule has 0 radical (unpaired) electrons. The normalized spacial score (nSPS) is 11.1. The van der Waals surface area contributed by atoms with Crippen LogP contribution < -0.4 is 10.6 Å². The third-order valence-electron chi connectivity index (χ3n) is 4.52. The van der Waals surface area contributed by atoms with E-state index in [-0.39, 0.29) is 12.4 Å². The van der Waals surface area contributed by atoms with Crippen molar-refractivity contribution in [3.63, 3.8) is 0 Å². The number of halogens is 1. The molecule has 10 heteroatoms. The standard InChI is InChI=1S/C21H21FN6O2S/c1-12-6-13(2)8-16(7-12)29-10-18-25-26-21(28(18)23)31-11-19-24-20(27-30-19)15-5-4-14(3)17(22)9-15/h4-9H,10-11,23H2,1-3H3. The number of ether oxygens (including phenoxy) is 1. The number of benzene rings is 2. The van der Waals surface area contributed by atoms with E-state index in [1.807, 2.05) is 26.0 Å². The van der Waals surface area contributed by atoms with Crippen molar-refractivity contribution in [2.24, 2.45) is 0 Å². The maximum absolute atomic E-state index is 13.8. The smallest absolute Gasteiger partial charge is 0.237 e. The predicted molar refractivity (Wildman–Crippen MR) is 114 cm³/mol. The zero-order valence-corrected chi connectivity index (χ0v) is 18.1. The van der Waals surface area contributed by atoms with Gasteiger partial charge in [0.2, 0.25) is 16.9 Å². The van der Waals surface area contributed by atoms with Gasteiger partial charge in [0, 0.05) is 5.56 Å². The van der Waals surface area contributed by atoms with E-state index < -0.39 is 0 Å². The van der Waals surface area contributed by atoms with E-state index in [0.29, 0.717) is 39.6 Å². The summed E-state index contributed by atoms with van der Waals surface area (Å²) in [5.41, 5.74) is 3.35. The molecule has 160 valence electrons. The Morgan fingerprint density at radius 2 is 1.87 bits per heavy atom. The van der Waals surface area contributed by atoms with E-state index in [0.717, 1.165) is 16.9 Å². The Morgan fingerprint density at radius 3 is 2.61 bits per heavy atom. The van der Waals surface area contributed by atoms with Gasteiger partial charge < -0.3 is 15.1 Å². The van der Waals surface area contributed by atoms with Crippen molar-refractivity contribution in [1.82, 2.24) is 25.0 Å². The predicted octanol–water partition coefficient (Wildman–Crippen LogP) is 3.98. The van der Waals surface area contributed by atoms with Crippen molar-refractivity contribution in [2.75, 3.05) is 5.84 Å². The molecule has 4 aromatic rings. The molecule has 0 bridgehead atoms. The second-order valence-corrected chi connectivity index (χ2v) is 8.09. The quantitative estimate of drug-likeness (QED) is 0.340. The van der Waals surface area contributed by atoms with E-state index in [2.05, 4.69) is 26.4 Å². The summed E-state index contributed by atoms with van der Waals surface area (Å²) in [6, 6.07) is 10.8. The fraction of sp³-hybridized carbons (Fsp3) is 0.238. The summed E-state index contributed by atoms with van der Waals surface area (Å²) in [6.45, 7) is 5.91. The molecule has 0 fully saturated rings. The van der Waals surface area contributed by atoms with Gasteiger partial charge >= 0.3 is 0 Å². The first kappa shape index (κ1) is 20.9. The summed E-state index contributed by atoms with van der Waals surface area (Å²) in [4.78, 5) is 4.31. The number of hydrogen-bond donors (Lipinski definition) is 1. The van der Waals surface area contributed by atoms with Crippen LogP contribution in [0, 0.1) is 26.6 Å². The van der Waals surface area contributed by atoms with Crippen LogP contribution >= 0.6 is 11.8 Å². The van der Waals surface area contributed by atoms with Gasteiger partial charge in [0.25, 0.3) is 0 Å². The number of nitrogen functional groups attached to an aromatic ring is 1. The lowest BCUT2D eigenvalue weighted by atomic mass is 10.1. The number of rotatable bonds is 7. The Kier molecular flexibility index (Phi) is 5.90. The second kappa shape index (κ2) is 8.76. The van der Waals surface area contributed by atoms with E-state index in [4.69, 9.17) is 15.1 Å². The molecule has 0 atom stereocenters. The maximum Gasteiger partial charge on any atom is 0.237 e. The summed E-state index contributed by atoms with van der Waals surface area (Å²) >= 11 is 1.30. The summed E-state index contributed by atoms with van der Waals surface area (Å²) in [6.07, 6.45) is 0. The van der Waals surface area contributed by atoms with Gasteiger partial charge in [0.1, 0.15) is 18.2 Å². The summed E-state index contributed by atoms with van der Waals surface area (Å²) in [5, 5.41) is 12.6. The monoisotopic (exact) mass is 440 g/mol. The molecular weight excluding hydrogens is 419 g/mol. The molecule has 0 aliphatic rings. The van der Waals surface area contributed by atoms with E-state index in [9.17, 15) is 4.39 Å². The number of nitrogens with two attached hydrogens (primary N) is 1. The molecule has 2 aromatic heterocycles. The Morgan fingerprint density at radius 1 is 1.10 bits per heavy atom. The third kappa shape index (κ3) is 4.85. The minimum Gasteiger partial charge on any atom is -0.486 e. The lowest BCUT2D eigenvalue weighted by molar-refractivity contribution is 0.291. The molecular formula is C21H21FN6O2S. The number of hydrogen-bond acceptors (Lipinski definition) is 8. The van der Waals surface area contributed by atoms with E-state index in [1.165, 1.54) is 22.5 Å². The SMILES string of the molecule is Cc1cc(C)cc(OCc2nnc(SCc3nc(-c4ccc(C)c(F)c4)no3)n2N)c1. The molecule has 4 rings (SSSR count). The van der Waals surface area contributed by atoms with Crippen LogP contribution in [0.4, 0.5) is 4.39 Å². The molecule has 2 heterocycles. The van der Waals surface area contributed by atoms with Gasteiger partial charge in [-0.2, -0.15) is 4.98 Å². The first-order valence-electron chi connectivity index (χ1n) is 9.51. The Labute approximate surface area is 182 Å². The van der Waals surface area contributed by atoms with Crippen LogP contribution in [0.1, 0.15) is 28.4 Å². The minimum atomic E-state index is -0.315. The summed E-state index contributed by atoms with van der Waals surface area (Å²) < 4.78 is 26.2. The number of aryl methyl sites for hydroxylation is 3. The van der Waals surface area contributed by atoms with Gasteiger partial charge in [0.15, 0.2) is 5.82 Å². The Hall–Kier alpha value is -3.40. The molecule has 31 heavy (non-hydrogen) atoms. The highest BCUT2D eigenvalue weighted by Gasteiger charge is 2.15. The van der Waals surface area contributed by atoms with Crippen molar-refractivity contribution in [2.45, 2.75) is 38.3 Å². The second-order valence-electron chi connectivity index (χ2n) is 7.15. The zero-order chi connectivity index (χ0) is 22.0. The lowest BCUT2D eigenvalue weighted by Crippen LogP contribution is -2.15. The van der Waals surface area contributed by atoms with E-state index in [1.54, 1.807) is 19.1 Å². The van der Waals surface area contributed by atoms with Crippen molar-refractivity contribution in [3.05, 3.63) is 70.6 Å². The van der Waals surface area contributed by atoms with Gasteiger partial charge in [0.05, 0.1) is 5.75 Å². The summed E-state index contributed by atoms with van der Waals surface area (Å²) in [7, 11) is 0. The van der Waals surface area contributed by atoms with Crippen LogP contribution in [0.2, 0.25) is 0 Å². The molecule has 0 aliphatic heterocycles. The molecule has 2 N–H and O–H groups in total. The van der Waals surface area contributed by atoms with Gasteiger partial charge in [-0.3, -0.25) is 0 Å². The molecule has 0 spiro atoms. The first-order valence-corrected chi connectivity index (χ1v) is 10.5. The topological polar surface area (TPSA) is 105 Å². The van der Waals surface area contributed by atoms with Crippen LogP contribution in [-0.2, 0) is 12.4 Å². The zero-order valence-electron chi connectivity index (χ0n) is 17.3. The van der Waals surface area contributed by atoms with E-state index >= 15 is 0 Å². The average molecular weight is 441 g/mol. The fourth-order valence-electron chi connectivity index (χ4n) is 2.96. The number of nitrogens with zero attached hydrogens (tertiary/aromatic N) is 5. The van der Waals surface area contributed by atoms with Gasteiger partial charge in [-0.05, 0) is 55.7 Å². The van der Waals surface area contributed by atoms with Gasteiger partial charge in [-0.1, -0.05) is 35.1 Å². The summed E-state index contributed by atoms with van der Waals surface area (Å²) in [5.74, 6) is 8.07. The fourth-order valence-corrected chi connectivity index (χ4v) is 3.67. The molecule has 8 nitrogen and oxygen atoms in total. The number of thioether (sulfide) groups is 1. The number of aromatic nitrogens is 5. The molecule has 2 aromatic carbocycles. The maximum atomic E-state index is 13.8. The Bertz CT molecular complexity index is 1200. The van der Waals surface area contributed by atoms with Gasteiger partial charge in [-0.25, -0.2) is 9.07 Å². The first-order chi connectivity index (χ1) is 14.9. The van der Waals surface area contributed by atoms with Crippen LogP contribution in [0.3, 0.4) is 0 Å². The van der Waals surface area contributed by atoms with Crippen molar-refractivity contribution in [1.29, 1.82) is 0 Å². The van der Waals surface area contributed by atoms with Crippen LogP contribution in [-0.4, -0.2) is 25.0 Å². The average Bonchev–Trinajstić information content (AvgIpc) is 3.33. The van der Waals surface area contributed by atoms with Crippen LogP contribution in [0.15, 0.2) is 46.1 Å². The highest BCUT2D eigenvalue weighted by molar-refractivity contribution is 7.98. The molecule has 0 unspecified atom stereocenters.